The van der Waals surface area contributed by atoms with Crippen molar-refractivity contribution >= 4 is 11.4 Å². The first-order valence-electron chi connectivity index (χ1n) is 6.94. The van der Waals surface area contributed by atoms with Crippen LogP contribution >= 0.6 is 0 Å². The molecule has 0 spiro atoms. The molecule has 2 aromatic rings. The summed E-state index contributed by atoms with van der Waals surface area (Å²) in [7, 11) is 0. The Morgan fingerprint density at radius 1 is 1.10 bits per heavy atom. The average Bonchev–Trinajstić information content (AvgIpc) is 2.43. The van der Waals surface area contributed by atoms with Crippen molar-refractivity contribution in [1.29, 1.82) is 0 Å². The molecule has 4 heteroatoms. The van der Waals surface area contributed by atoms with Crippen molar-refractivity contribution in [1.82, 2.24) is 0 Å². The van der Waals surface area contributed by atoms with E-state index in [9.17, 15) is 8.78 Å². The maximum Gasteiger partial charge on any atom is 0.151 e. The Balaban J connectivity index is 2.07. The van der Waals surface area contributed by atoms with Gasteiger partial charge in [0.25, 0.3) is 0 Å². The van der Waals surface area contributed by atoms with Gasteiger partial charge in [-0.2, -0.15) is 0 Å². The van der Waals surface area contributed by atoms with Gasteiger partial charge in [0.15, 0.2) is 5.82 Å². The summed E-state index contributed by atoms with van der Waals surface area (Å²) in [6.45, 7) is 3.97. The molecule has 0 bridgehead atoms. The molecular formula is C17H20F2N2. The lowest BCUT2D eigenvalue weighted by Crippen LogP contribution is -2.32. The minimum Gasteiger partial charge on any atom is -0.395 e. The Morgan fingerprint density at radius 3 is 2.43 bits per heavy atom. The highest BCUT2D eigenvalue weighted by Gasteiger charge is 2.20. The fraction of sp³-hybridized carbons (Fsp3) is 0.294. The van der Waals surface area contributed by atoms with E-state index in [0.717, 1.165) is 18.9 Å². The van der Waals surface area contributed by atoms with Crippen molar-refractivity contribution < 1.29 is 8.78 Å². The normalized spacial score (nSPS) is 11.4. The van der Waals surface area contributed by atoms with E-state index >= 15 is 0 Å². The minimum absolute atomic E-state index is 0.0517. The monoisotopic (exact) mass is 290 g/mol. The van der Waals surface area contributed by atoms with Gasteiger partial charge in [-0.05, 0) is 38.3 Å². The Bertz CT molecular complexity index is 610. The lowest BCUT2D eigenvalue weighted by Gasteiger charge is -2.28. The van der Waals surface area contributed by atoms with E-state index in [-0.39, 0.29) is 11.2 Å². The van der Waals surface area contributed by atoms with Gasteiger partial charge in [-0.15, -0.1) is 0 Å². The zero-order valence-corrected chi connectivity index (χ0v) is 12.3. The molecule has 0 saturated heterocycles. The van der Waals surface area contributed by atoms with E-state index < -0.39 is 11.6 Å². The summed E-state index contributed by atoms with van der Waals surface area (Å²) in [4.78, 5) is 0. The number of hydrogen-bond donors (Lipinski definition) is 2. The quantitative estimate of drug-likeness (QED) is 0.802. The minimum atomic E-state index is -0.739. The Morgan fingerprint density at radius 2 is 1.76 bits per heavy atom. The van der Waals surface area contributed by atoms with Gasteiger partial charge in [0.2, 0.25) is 0 Å². The number of nitrogens with two attached hydrogens (primary N) is 1. The average molecular weight is 290 g/mol. The topological polar surface area (TPSA) is 38.0 Å². The van der Waals surface area contributed by atoms with E-state index in [4.69, 9.17) is 5.73 Å². The van der Waals surface area contributed by atoms with E-state index in [1.165, 1.54) is 11.6 Å². The van der Waals surface area contributed by atoms with E-state index in [1.54, 1.807) is 0 Å². The maximum absolute atomic E-state index is 13.5. The molecule has 0 unspecified atom stereocenters. The van der Waals surface area contributed by atoms with Crippen LogP contribution in [0, 0.1) is 11.6 Å². The number of nitrogen functional groups attached to an aromatic ring is 1. The first kappa shape index (κ1) is 15.3. The van der Waals surface area contributed by atoms with E-state index in [1.807, 2.05) is 32.0 Å². The third-order valence-corrected chi connectivity index (χ3v) is 3.45. The summed E-state index contributed by atoms with van der Waals surface area (Å²) in [5.74, 6) is -1.38. The van der Waals surface area contributed by atoms with Crippen LogP contribution in [0.4, 0.5) is 20.2 Å². The first-order chi connectivity index (χ1) is 9.87. The summed E-state index contributed by atoms with van der Waals surface area (Å²) in [6.07, 6.45) is 1.69. The molecule has 0 saturated carbocycles. The molecular weight excluding hydrogens is 270 g/mol. The lowest BCUT2D eigenvalue weighted by molar-refractivity contribution is 0.517. The molecule has 3 N–H and O–H groups in total. The van der Waals surface area contributed by atoms with Crippen LogP contribution in [0.2, 0.25) is 0 Å². The summed E-state index contributed by atoms with van der Waals surface area (Å²) < 4.78 is 26.8. The summed E-state index contributed by atoms with van der Waals surface area (Å²) in [6, 6.07) is 12.1. The molecule has 0 aliphatic heterocycles. The smallest absolute Gasteiger partial charge is 0.151 e. The third-order valence-electron chi connectivity index (χ3n) is 3.45. The fourth-order valence-electron chi connectivity index (χ4n) is 2.22. The number of rotatable bonds is 5. The fourth-order valence-corrected chi connectivity index (χ4v) is 2.22. The molecule has 2 aromatic carbocycles. The Kier molecular flexibility index (Phi) is 4.46. The lowest BCUT2D eigenvalue weighted by atomic mass is 9.94. The van der Waals surface area contributed by atoms with Crippen LogP contribution in [0.15, 0.2) is 42.5 Å². The zero-order chi connectivity index (χ0) is 15.5. The number of aryl methyl sites for hydroxylation is 1. The van der Waals surface area contributed by atoms with Crippen LogP contribution in [0.5, 0.6) is 0 Å². The predicted molar refractivity (Wildman–Crippen MR) is 83.2 cm³/mol. The number of benzene rings is 2. The molecule has 0 amide bonds. The molecule has 2 rings (SSSR count). The SMILES string of the molecule is CC(C)(CCc1ccccc1)Nc1cc(F)cc(F)c1N. The number of anilines is 2. The van der Waals surface area contributed by atoms with Gasteiger partial charge < -0.3 is 11.1 Å². The number of hydrogen-bond acceptors (Lipinski definition) is 2. The van der Waals surface area contributed by atoms with Gasteiger partial charge in [0.1, 0.15) is 5.82 Å². The van der Waals surface area contributed by atoms with Gasteiger partial charge >= 0.3 is 0 Å². The van der Waals surface area contributed by atoms with E-state index in [2.05, 4.69) is 17.4 Å². The maximum atomic E-state index is 13.5. The summed E-state index contributed by atoms with van der Waals surface area (Å²) in [5.41, 5.74) is 6.81. The second-order valence-corrected chi connectivity index (χ2v) is 5.84. The number of halogens is 2. The van der Waals surface area contributed by atoms with Gasteiger partial charge in [0.05, 0.1) is 11.4 Å². The molecule has 0 aliphatic rings. The van der Waals surface area contributed by atoms with E-state index in [0.29, 0.717) is 5.69 Å². The second-order valence-electron chi connectivity index (χ2n) is 5.84. The molecule has 0 radical (unpaired) electrons. The molecule has 0 aliphatic carbocycles. The van der Waals surface area contributed by atoms with Gasteiger partial charge in [-0.25, -0.2) is 8.78 Å². The van der Waals surface area contributed by atoms with Crippen molar-refractivity contribution in [3.8, 4) is 0 Å². The van der Waals surface area contributed by atoms with Crippen LogP contribution in [-0.2, 0) is 6.42 Å². The van der Waals surface area contributed by atoms with Crippen LogP contribution in [0.1, 0.15) is 25.8 Å². The van der Waals surface area contributed by atoms with Crippen molar-refractivity contribution in [3.05, 3.63) is 59.7 Å². The first-order valence-corrected chi connectivity index (χ1v) is 6.94. The summed E-state index contributed by atoms with van der Waals surface area (Å²) >= 11 is 0. The van der Waals surface area contributed by atoms with Gasteiger partial charge in [-0.1, -0.05) is 30.3 Å². The van der Waals surface area contributed by atoms with Crippen LogP contribution in [0.25, 0.3) is 0 Å². The van der Waals surface area contributed by atoms with Crippen molar-refractivity contribution in [2.24, 2.45) is 0 Å². The van der Waals surface area contributed by atoms with Crippen molar-refractivity contribution in [3.63, 3.8) is 0 Å². The van der Waals surface area contributed by atoms with Crippen LogP contribution in [0.3, 0.4) is 0 Å². The standard InChI is InChI=1S/C17H20F2N2/c1-17(2,9-8-12-6-4-3-5-7-12)21-15-11-13(18)10-14(19)16(15)20/h3-7,10-11,21H,8-9,20H2,1-2H3. The van der Waals surface area contributed by atoms with Gasteiger partial charge in [0, 0.05) is 11.6 Å². The number of nitrogens with one attached hydrogen (secondary N) is 1. The molecule has 0 fully saturated rings. The van der Waals surface area contributed by atoms with Crippen LogP contribution in [-0.4, -0.2) is 5.54 Å². The van der Waals surface area contributed by atoms with Crippen LogP contribution < -0.4 is 11.1 Å². The van der Waals surface area contributed by atoms with Gasteiger partial charge in [-0.3, -0.25) is 0 Å². The third kappa shape index (κ3) is 4.18. The second kappa shape index (κ2) is 6.12. The Labute approximate surface area is 124 Å². The largest absolute Gasteiger partial charge is 0.395 e. The zero-order valence-electron chi connectivity index (χ0n) is 12.3. The van der Waals surface area contributed by atoms with Crippen molar-refractivity contribution in [2.75, 3.05) is 11.1 Å². The highest BCUT2D eigenvalue weighted by atomic mass is 19.1. The molecule has 21 heavy (non-hydrogen) atoms. The Hall–Kier alpha value is -2.10. The molecule has 112 valence electrons. The predicted octanol–water partition coefficient (Wildman–Crippen LogP) is 4.37. The molecule has 0 atom stereocenters. The molecule has 0 heterocycles. The molecule has 0 aromatic heterocycles. The highest BCUT2D eigenvalue weighted by Crippen LogP contribution is 2.28. The summed E-state index contributed by atoms with van der Waals surface area (Å²) in [5, 5.41) is 3.13. The highest BCUT2D eigenvalue weighted by molar-refractivity contribution is 5.67. The van der Waals surface area contributed by atoms with Crippen molar-refractivity contribution in [2.45, 2.75) is 32.2 Å². The molecule has 2 nitrogen and oxygen atoms in total.